The van der Waals surface area contributed by atoms with Crippen LogP contribution in [0.15, 0.2) is 24.3 Å². The molecule has 0 saturated carbocycles. The average molecular weight is 240 g/mol. The quantitative estimate of drug-likeness (QED) is 0.808. The smallest absolute Gasteiger partial charge is 0.169 e. The first-order chi connectivity index (χ1) is 7.52. The third-order valence-electron chi connectivity index (χ3n) is 2.55. The van der Waals surface area contributed by atoms with E-state index >= 15 is 0 Å². The molecule has 0 aliphatic rings. The van der Waals surface area contributed by atoms with Crippen LogP contribution in [0.3, 0.4) is 0 Å². The summed E-state index contributed by atoms with van der Waals surface area (Å²) in [5.41, 5.74) is 2.18. The van der Waals surface area contributed by atoms with Crippen LogP contribution in [0.4, 0.5) is 4.39 Å². The second-order valence-corrected chi connectivity index (χ2v) is 4.06. The van der Waals surface area contributed by atoms with Gasteiger partial charge in [-0.15, -0.1) is 0 Å². The van der Waals surface area contributed by atoms with Gasteiger partial charge in [0.2, 0.25) is 0 Å². The molecule has 0 atom stereocenters. The minimum Gasteiger partial charge on any atom is -0.506 e. The molecule has 0 amide bonds. The molecule has 4 heteroatoms. The Morgan fingerprint density at radius 1 is 1.12 bits per heavy atom. The molecule has 2 nitrogen and oxygen atoms in total. The summed E-state index contributed by atoms with van der Waals surface area (Å²) in [4.78, 5) is 0. The molecule has 0 unspecified atom stereocenters. The van der Waals surface area contributed by atoms with Gasteiger partial charge in [-0.05, 0) is 38.1 Å². The van der Waals surface area contributed by atoms with Crippen LogP contribution in [0.1, 0.15) is 11.4 Å². The van der Waals surface area contributed by atoms with Crippen molar-refractivity contribution < 1.29 is 9.50 Å². The van der Waals surface area contributed by atoms with Gasteiger partial charge in [0, 0.05) is 11.4 Å². The number of hydrogen-bond acceptors (Lipinski definition) is 1. The maximum atomic E-state index is 13.9. The molecule has 84 valence electrons. The molecule has 0 saturated heterocycles. The van der Waals surface area contributed by atoms with E-state index in [0.717, 1.165) is 11.4 Å². The number of phenols is 1. The van der Waals surface area contributed by atoms with E-state index in [2.05, 4.69) is 0 Å². The van der Waals surface area contributed by atoms with Crippen LogP contribution in [0, 0.1) is 19.7 Å². The van der Waals surface area contributed by atoms with Crippen LogP contribution < -0.4 is 0 Å². The molecule has 0 fully saturated rings. The number of halogens is 2. The van der Waals surface area contributed by atoms with Gasteiger partial charge in [-0.2, -0.15) is 0 Å². The molecule has 1 aromatic carbocycles. The molecule has 1 N–H and O–H groups in total. The summed E-state index contributed by atoms with van der Waals surface area (Å²) in [6, 6.07) is 6.70. The summed E-state index contributed by atoms with van der Waals surface area (Å²) in [5, 5.41) is 9.03. The molecule has 16 heavy (non-hydrogen) atoms. The second kappa shape index (κ2) is 3.83. The van der Waals surface area contributed by atoms with Crippen LogP contribution >= 0.6 is 11.6 Å². The Morgan fingerprint density at radius 2 is 1.69 bits per heavy atom. The zero-order valence-electron chi connectivity index (χ0n) is 8.96. The monoisotopic (exact) mass is 239 g/mol. The van der Waals surface area contributed by atoms with Crippen molar-refractivity contribution in [3.05, 3.63) is 46.5 Å². The SMILES string of the molecule is Cc1ccc(C)n1-c1ccc(O)c(Cl)c1F. The minimum absolute atomic E-state index is 0.245. The van der Waals surface area contributed by atoms with Crippen molar-refractivity contribution in [3.63, 3.8) is 0 Å². The van der Waals surface area contributed by atoms with Crippen molar-refractivity contribution in [2.75, 3.05) is 0 Å². The third kappa shape index (κ3) is 1.57. The standard InChI is InChI=1S/C12H11ClFNO/c1-7-3-4-8(2)15(7)9-5-6-10(16)11(13)12(9)14/h3-6,16H,1-2H3. The summed E-state index contributed by atoms with van der Waals surface area (Å²) in [5.74, 6) is -0.852. The Bertz CT molecular complexity index is 529. The van der Waals surface area contributed by atoms with Crippen LogP contribution in [-0.4, -0.2) is 9.67 Å². The highest BCUT2D eigenvalue weighted by Crippen LogP contribution is 2.31. The summed E-state index contributed by atoms with van der Waals surface area (Å²) in [6.45, 7) is 3.76. The lowest BCUT2D eigenvalue weighted by molar-refractivity contribution is 0.469. The Hall–Kier alpha value is -1.48. The van der Waals surface area contributed by atoms with Crippen LogP contribution in [0.5, 0.6) is 5.75 Å². The zero-order chi connectivity index (χ0) is 11.9. The molecule has 0 aliphatic heterocycles. The molecule has 2 rings (SSSR count). The van der Waals surface area contributed by atoms with Crippen molar-refractivity contribution >= 4 is 11.6 Å². The minimum atomic E-state index is -0.607. The molecule has 1 aromatic heterocycles. The van der Waals surface area contributed by atoms with E-state index < -0.39 is 5.82 Å². The van der Waals surface area contributed by atoms with Gasteiger partial charge in [0.1, 0.15) is 10.8 Å². The third-order valence-corrected chi connectivity index (χ3v) is 2.91. The average Bonchev–Trinajstić information content (AvgIpc) is 2.57. The van der Waals surface area contributed by atoms with Crippen molar-refractivity contribution in [1.82, 2.24) is 4.57 Å². The lowest BCUT2D eigenvalue weighted by Gasteiger charge is -2.11. The number of nitrogens with zero attached hydrogens (tertiary/aromatic N) is 1. The predicted molar refractivity (Wildman–Crippen MR) is 61.9 cm³/mol. The number of rotatable bonds is 1. The maximum Gasteiger partial charge on any atom is 0.169 e. The topological polar surface area (TPSA) is 25.2 Å². The van der Waals surface area contributed by atoms with E-state index in [9.17, 15) is 9.50 Å². The van der Waals surface area contributed by atoms with Gasteiger partial charge in [-0.3, -0.25) is 0 Å². The first-order valence-electron chi connectivity index (χ1n) is 4.84. The van der Waals surface area contributed by atoms with Gasteiger partial charge in [-0.1, -0.05) is 11.6 Å². The molecule has 1 heterocycles. The first kappa shape index (κ1) is 11.0. The lowest BCUT2D eigenvalue weighted by atomic mass is 10.2. The van der Waals surface area contributed by atoms with Gasteiger partial charge < -0.3 is 9.67 Å². The fourth-order valence-corrected chi connectivity index (χ4v) is 1.91. The second-order valence-electron chi connectivity index (χ2n) is 3.68. The van der Waals surface area contributed by atoms with Crippen molar-refractivity contribution in [3.8, 4) is 11.4 Å². The number of aromatic hydroxyl groups is 1. The van der Waals surface area contributed by atoms with Crippen molar-refractivity contribution in [2.24, 2.45) is 0 Å². The number of phenolic OH excluding ortho intramolecular Hbond substituents is 1. The molecular formula is C12H11ClFNO. The van der Waals surface area contributed by atoms with Gasteiger partial charge >= 0.3 is 0 Å². The molecular weight excluding hydrogens is 229 g/mol. The summed E-state index contributed by atoms with van der Waals surface area (Å²) in [6.07, 6.45) is 0. The number of aromatic nitrogens is 1. The summed E-state index contributed by atoms with van der Waals surface area (Å²) in [7, 11) is 0. The fraction of sp³-hybridized carbons (Fsp3) is 0.167. The van der Waals surface area contributed by atoms with E-state index in [1.165, 1.54) is 12.1 Å². The van der Waals surface area contributed by atoms with Crippen LogP contribution in [-0.2, 0) is 0 Å². The molecule has 0 radical (unpaired) electrons. The van der Waals surface area contributed by atoms with Crippen LogP contribution in [0.25, 0.3) is 5.69 Å². The number of hydrogen-bond donors (Lipinski definition) is 1. The highest BCUT2D eigenvalue weighted by atomic mass is 35.5. The molecule has 0 bridgehead atoms. The summed E-state index contributed by atoms with van der Waals surface area (Å²) < 4.78 is 15.6. The zero-order valence-corrected chi connectivity index (χ0v) is 9.72. The Kier molecular flexibility index (Phi) is 2.64. The van der Waals surface area contributed by atoms with Crippen molar-refractivity contribution in [1.29, 1.82) is 0 Å². The maximum absolute atomic E-state index is 13.9. The van der Waals surface area contributed by atoms with Crippen LogP contribution in [0.2, 0.25) is 5.02 Å². The molecule has 0 aliphatic carbocycles. The van der Waals surface area contributed by atoms with Gasteiger partial charge in [0.25, 0.3) is 0 Å². The van der Waals surface area contributed by atoms with Crippen molar-refractivity contribution in [2.45, 2.75) is 13.8 Å². The number of aryl methyl sites for hydroxylation is 2. The highest BCUT2D eigenvalue weighted by Gasteiger charge is 2.14. The summed E-state index contributed by atoms with van der Waals surface area (Å²) >= 11 is 5.67. The Labute approximate surface area is 97.9 Å². The van der Waals surface area contributed by atoms with Gasteiger partial charge in [-0.25, -0.2) is 4.39 Å². The lowest BCUT2D eigenvalue weighted by Crippen LogP contribution is -2.02. The highest BCUT2D eigenvalue weighted by molar-refractivity contribution is 6.32. The molecule has 0 spiro atoms. The van der Waals surface area contributed by atoms with E-state index in [1.54, 1.807) is 4.57 Å². The Morgan fingerprint density at radius 3 is 2.25 bits per heavy atom. The van der Waals surface area contributed by atoms with E-state index in [-0.39, 0.29) is 10.8 Å². The predicted octanol–water partition coefficient (Wildman–Crippen LogP) is 3.59. The first-order valence-corrected chi connectivity index (χ1v) is 5.22. The largest absolute Gasteiger partial charge is 0.506 e. The number of benzene rings is 1. The van der Waals surface area contributed by atoms with Gasteiger partial charge in [0.15, 0.2) is 5.82 Å². The van der Waals surface area contributed by atoms with E-state index in [0.29, 0.717) is 5.69 Å². The molecule has 2 aromatic rings. The Balaban J connectivity index is 2.71. The van der Waals surface area contributed by atoms with Gasteiger partial charge in [0.05, 0.1) is 5.69 Å². The van der Waals surface area contributed by atoms with E-state index in [1.807, 2.05) is 26.0 Å². The fourth-order valence-electron chi connectivity index (χ4n) is 1.75. The normalized spacial score (nSPS) is 10.8. The van der Waals surface area contributed by atoms with E-state index in [4.69, 9.17) is 11.6 Å².